The van der Waals surface area contributed by atoms with Crippen LogP contribution in [-0.2, 0) is 4.79 Å². The fourth-order valence-electron chi connectivity index (χ4n) is 2.89. The molecule has 0 fully saturated rings. The van der Waals surface area contributed by atoms with Crippen molar-refractivity contribution in [2.45, 2.75) is 13.3 Å². The van der Waals surface area contributed by atoms with E-state index in [1.165, 1.54) is 6.07 Å². The first-order valence-corrected chi connectivity index (χ1v) is 8.33. The summed E-state index contributed by atoms with van der Waals surface area (Å²) in [5.74, 6) is 0.548. The largest absolute Gasteiger partial charge is 0.482 e. The lowest BCUT2D eigenvalue weighted by atomic mass is 10.1. The standard InChI is InChI=1S/C19H16FN3O3/c1-2-9-23-15-10-12(7-8-16(15)25-11-17(23)24)18-21-19(26-22-18)13-5-3-4-6-14(13)20/h3-8,10H,2,9,11H2,1H3. The molecule has 1 amide bonds. The third-order valence-corrected chi connectivity index (χ3v) is 4.14. The van der Waals surface area contributed by atoms with Crippen LogP contribution in [0, 0.1) is 5.82 Å². The Hall–Kier alpha value is -3.22. The Morgan fingerprint density at radius 3 is 2.88 bits per heavy atom. The number of nitrogens with zero attached hydrogens (tertiary/aromatic N) is 3. The summed E-state index contributed by atoms with van der Waals surface area (Å²) in [6, 6.07) is 11.6. The van der Waals surface area contributed by atoms with Crippen LogP contribution in [0.2, 0.25) is 0 Å². The highest BCUT2D eigenvalue weighted by molar-refractivity contribution is 5.98. The zero-order valence-electron chi connectivity index (χ0n) is 14.1. The van der Waals surface area contributed by atoms with Gasteiger partial charge >= 0.3 is 0 Å². The summed E-state index contributed by atoms with van der Waals surface area (Å²) in [7, 11) is 0. The molecule has 0 radical (unpaired) electrons. The average molecular weight is 353 g/mol. The van der Waals surface area contributed by atoms with Crippen LogP contribution in [0.25, 0.3) is 22.8 Å². The summed E-state index contributed by atoms with van der Waals surface area (Å²) in [6.45, 7) is 2.64. The van der Waals surface area contributed by atoms with Crippen LogP contribution in [0.1, 0.15) is 13.3 Å². The molecule has 1 aliphatic rings. The van der Waals surface area contributed by atoms with Crippen molar-refractivity contribution in [3.63, 3.8) is 0 Å². The minimum Gasteiger partial charge on any atom is -0.482 e. The van der Waals surface area contributed by atoms with Crippen LogP contribution in [-0.4, -0.2) is 29.2 Å². The number of ether oxygens (including phenoxy) is 1. The summed E-state index contributed by atoms with van der Waals surface area (Å²) >= 11 is 0. The zero-order valence-corrected chi connectivity index (χ0v) is 14.1. The molecule has 2 aromatic carbocycles. The van der Waals surface area contributed by atoms with Gasteiger partial charge in [-0.05, 0) is 36.8 Å². The molecule has 0 N–H and O–H groups in total. The number of hydrogen-bond donors (Lipinski definition) is 0. The van der Waals surface area contributed by atoms with Crippen LogP contribution in [0.4, 0.5) is 10.1 Å². The molecule has 1 aromatic heterocycles. The van der Waals surface area contributed by atoms with E-state index in [2.05, 4.69) is 10.1 Å². The number of carbonyl (C=O) groups excluding carboxylic acids is 1. The van der Waals surface area contributed by atoms with Crippen molar-refractivity contribution in [2.24, 2.45) is 0 Å². The second-order valence-corrected chi connectivity index (χ2v) is 5.92. The van der Waals surface area contributed by atoms with Gasteiger partial charge in [-0.2, -0.15) is 4.98 Å². The zero-order chi connectivity index (χ0) is 18.1. The van der Waals surface area contributed by atoms with E-state index in [1.807, 2.05) is 6.92 Å². The van der Waals surface area contributed by atoms with Crippen LogP contribution >= 0.6 is 0 Å². The molecule has 2 heterocycles. The van der Waals surface area contributed by atoms with Crippen molar-refractivity contribution in [3.05, 3.63) is 48.3 Å². The van der Waals surface area contributed by atoms with E-state index < -0.39 is 5.82 Å². The first-order valence-electron chi connectivity index (χ1n) is 8.33. The molecule has 0 aliphatic carbocycles. The molecule has 132 valence electrons. The van der Waals surface area contributed by atoms with E-state index in [4.69, 9.17) is 9.26 Å². The van der Waals surface area contributed by atoms with Crippen LogP contribution < -0.4 is 9.64 Å². The van der Waals surface area contributed by atoms with Gasteiger partial charge in [0.1, 0.15) is 11.6 Å². The lowest BCUT2D eigenvalue weighted by molar-refractivity contribution is -0.121. The molecule has 26 heavy (non-hydrogen) atoms. The number of fused-ring (bicyclic) bond motifs is 1. The summed E-state index contributed by atoms with van der Waals surface area (Å²) in [4.78, 5) is 18.1. The van der Waals surface area contributed by atoms with E-state index in [-0.39, 0.29) is 24.0 Å². The highest BCUT2D eigenvalue weighted by Gasteiger charge is 2.26. The minimum atomic E-state index is -0.429. The number of amides is 1. The lowest BCUT2D eigenvalue weighted by Gasteiger charge is -2.29. The fraction of sp³-hybridized carbons (Fsp3) is 0.211. The van der Waals surface area contributed by atoms with Crippen LogP contribution in [0.15, 0.2) is 47.0 Å². The quantitative estimate of drug-likeness (QED) is 0.716. The number of anilines is 1. The van der Waals surface area contributed by atoms with Crippen molar-refractivity contribution in [1.82, 2.24) is 10.1 Å². The van der Waals surface area contributed by atoms with Gasteiger partial charge < -0.3 is 14.2 Å². The highest BCUT2D eigenvalue weighted by Crippen LogP contribution is 2.36. The fourth-order valence-corrected chi connectivity index (χ4v) is 2.89. The molecule has 4 rings (SSSR count). The summed E-state index contributed by atoms with van der Waals surface area (Å²) < 4.78 is 24.6. The highest BCUT2D eigenvalue weighted by atomic mass is 19.1. The molecule has 0 spiro atoms. The van der Waals surface area contributed by atoms with Gasteiger partial charge in [0, 0.05) is 12.1 Å². The van der Waals surface area contributed by atoms with E-state index >= 15 is 0 Å². The molecule has 0 saturated carbocycles. The van der Waals surface area contributed by atoms with E-state index in [9.17, 15) is 9.18 Å². The van der Waals surface area contributed by atoms with Crippen molar-refractivity contribution in [3.8, 4) is 28.6 Å². The first-order chi connectivity index (χ1) is 12.7. The summed E-state index contributed by atoms with van der Waals surface area (Å²) in [6.07, 6.45) is 0.828. The predicted octanol–water partition coefficient (Wildman–Crippen LogP) is 3.68. The first kappa shape index (κ1) is 16.3. The SMILES string of the molecule is CCCN1C(=O)COc2ccc(-c3noc(-c4ccccc4F)n3)cc21. The van der Waals surface area contributed by atoms with E-state index in [1.54, 1.807) is 41.3 Å². The van der Waals surface area contributed by atoms with Crippen molar-refractivity contribution < 1.29 is 18.4 Å². The topological polar surface area (TPSA) is 68.5 Å². The Kier molecular flexibility index (Phi) is 4.12. The molecular formula is C19H16FN3O3. The molecule has 0 bridgehead atoms. The summed E-state index contributed by atoms with van der Waals surface area (Å²) in [5.41, 5.74) is 1.59. The molecule has 0 atom stereocenters. The molecular weight excluding hydrogens is 337 g/mol. The van der Waals surface area contributed by atoms with Gasteiger partial charge in [-0.1, -0.05) is 24.2 Å². The molecule has 7 heteroatoms. The normalized spacial score (nSPS) is 13.5. The molecule has 1 aliphatic heterocycles. The maximum absolute atomic E-state index is 13.9. The van der Waals surface area contributed by atoms with Crippen molar-refractivity contribution in [2.75, 3.05) is 18.1 Å². The number of hydrogen-bond acceptors (Lipinski definition) is 5. The second-order valence-electron chi connectivity index (χ2n) is 5.92. The van der Waals surface area contributed by atoms with Gasteiger partial charge in [0.2, 0.25) is 5.82 Å². The van der Waals surface area contributed by atoms with E-state index in [0.29, 0.717) is 29.4 Å². The summed E-state index contributed by atoms with van der Waals surface area (Å²) in [5, 5.41) is 3.95. The number of aromatic nitrogens is 2. The Morgan fingerprint density at radius 1 is 1.23 bits per heavy atom. The second kappa shape index (κ2) is 6.59. The van der Waals surface area contributed by atoms with Gasteiger partial charge in [0.05, 0.1) is 11.3 Å². The predicted molar refractivity (Wildman–Crippen MR) is 93.3 cm³/mol. The number of halogens is 1. The lowest BCUT2D eigenvalue weighted by Crippen LogP contribution is -2.39. The third kappa shape index (κ3) is 2.81. The minimum absolute atomic E-state index is 0.0337. The Morgan fingerprint density at radius 2 is 2.08 bits per heavy atom. The van der Waals surface area contributed by atoms with E-state index in [0.717, 1.165) is 6.42 Å². The maximum atomic E-state index is 13.9. The van der Waals surface area contributed by atoms with Gasteiger partial charge in [-0.3, -0.25) is 4.79 Å². The molecule has 6 nitrogen and oxygen atoms in total. The van der Waals surface area contributed by atoms with Gasteiger partial charge in [0.25, 0.3) is 11.8 Å². The van der Waals surface area contributed by atoms with Gasteiger partial charge in [-0.15, -0.1) is 0 Å². The molecule has 0 unspecified atom stereocenters. The Bertz CT molecular complexity index is 970. The van der Waals surface area contributed by atoms with Crippen LogP contribution in [0.5, 0.6) is 5.75 Å². The van der Waals surface area contributed by atoms with Crippen molar-refractivity contribution >= 4 is 11.6 Å². The number of carbonyl (C=O) groups is 1. The van der Waals surface area contributed by atoms with Gasteiger partial charge in [-0.25, -0.2) is 4.39 Å². The monoisotopic (exact) mass is 353 g/mol. The Labute approximate surface area is 149 Å². The maximum Gasteiger partial charge on any atom is 0.265 e. The number of rotatable bonds is 4. The van der Waals surface area contributed by atoms with Crippen LogP contribution in [0.3, 0.4) is 0 Å². The smallest absolute Gasteiger partial charge is 0.265 e. The molecule has 0 saturated heterocycles. The third-order valence-electron chi connectivity index (χ3n) is 4.14. The molecule has 3 aromatic rings. The van der Waals surface area contributed by atoms with Gasteiger partial charge in [0.15, 0.2) is 6.61 Å². The number of benzene rings is 2. The Balaban J connectivity index is 1.72. The van der Waals surface area contributed by atoms with Crippen molar-refractivity contribution in [1.29, 1.82) is 0 Å². The average Bonchev–Trinajstić information content (AvgIpc) is 3.14.